The van der Waals surface area contributed by atoms with Crippen molar-refractivity contribution in [3.05, 3.63) is 71.3 Å². The number of carbonyl (C=O) groups excluding carboxylic acids is 1. The zero-order chi connectivity index (χ0) is 17.9. The van der Waals surface area contributed by atoms with Crippen molar-refractivity contribution in [1.82, 2.24) is 10.6 Å². The van der Waals surface area contributed by atoms with Crippen LogP contribution in [0.3, 0.4) is 0 Å². The molecule has 0 unspecified atom stereocenters. The third-order valence-electron chi connectivity index (χ3n) is 4.53. The Morgan fingerprint density at radius 2 is 1.72 bits per heavy atom. The molecule has 1 aliphatic rings. The van der Waals surface area contributed by atoms with Gasteiger partial charge in [0.15, 0.2) is 0 Å². The molecule has 0 bridgehead atoms. The molecule has 2 aromatic rings. The molecule has 0 radical (unpaired) electrons. The summed E-state index contributed by atoms with van der Waals surface area (Å²) in [4.78, 5) is 12.5. The molecule has 2 aromatic carbocycles. The molecule has 3 nitrogen and oxygen atoms in total. The van der Waals surface area contributed by atoms with Crippen LogP contribution in [-0.4, -0.2) is 19.0 Å². The minimum atomic E-state index is -4.35. The lowest BCUT2D eigenvalue weighted by molar-refractivity contribution is -0.137. The van der Waals surface area contributed by atoms with Gasteiger partial charge in [0.1, 0.15) is 0 Å². The maximum atomic E-state index is 12.7. The van der Waals surface area contributed by atoms with Gasteiger partial charge < -0.3 is 10.6 Å². The first kappa shape index (κ1) is 17.5. The molecular formula is C19H19F3N2O. The van der Waals surface area contributed by atoms with E-state index in [-0.39, 0.29) is 17.7 Å². The summed E-state index contributed by atoms with van der Waals surface area (Å²) in [6, 6.07) is 14.7. The highest BCUT2D eigenvalue weighted by Gasteiger charge is 2.35. The van der Waals surface area contributed by atoms with Crippen LogP contribution in [0, 0.1) is 5.92 Å². The predicted molar refractivity (Wildman–Crippen MR) is 88.8 cm³/mol. The summed E-state index contributed by atoms with van der Waals surface area (Å²) in [5.41, 5.74) is 1.08. The number of hydrogen-bond acceptors (Lipinski definition) is 2. The highest BCUT2D eigenvalue weighted by Crippen LogP contribution is 2.33. The van der Waals surface area contributed by atoms with Gasteiger partial charge in [-0.3, -0.25) is 4.79 Å². The van der Waals surface area contributed by atoms with Crippen LogP contribution >= 0.6 is 0 Å². The van der Waals surface area contributed by atoms with Crippen molar-refractivity contribution in [2.45, 2.75) is 18.6 Å². The summed E-state index contributed by atoms with van der Waals surface area (Å²) in [7, 11) is 0. The topological polar surface area (TPSA) is 41.1 Å². The lowest BCUT2D eigenvalue weighted by atomic mass is 9.88. The molecule has 3 rings (SSSR count). The first-order valence-corrected chi connectivity index (χ1v) is 8.14. The van der Waals surface area contributed by atoms with Gasteiger partial charge in [0.25, 0.3) is 0 Å². The van der Waals surface area contributed by atoms with E-state index in [0.717, 1.165) is 23.3 Å². The number of hydrogen-bond donors (Lipinski definition) is 2. The van der Waals surface area contributed by atoms with E-state index in [9.17, 15) is 18.0 Å². The second-order valence-corrected chi connectivity index (χ2v) is 6.19. The normalized spacial score (nSPS) is 20.4. The second-order valence-electron chi connectivity index (χ2n) is 6.19. The van der Waals surface area contributed by atoms with Gasteiger partial charge in [0.05, 0.1) is 11.5 Å². The Hall–Kier alpha value is -2.34. The Labute approximate surface area is 144 Å². The summed E-state index contributed by atoms with van der Waals surface area (Å²) in [5.74, 6) is -0.503. The van der Waals surface area contributed by atoms with Crippen molar-refractivity contribution < 1.29 is 18.0 Å². The fourth-order valence-electron chi connectivity index (χ4n) is 3.14. The van der Waals surface area contributed by atoms with Gasteiger partial charge in [-0.2, -0.15) is 13.2 Å². The van der Waals surface area contributed by atoms with Gasteiger partial charge >= 0.3 is 6.18 Å². The fraction of sp³-hybridized carbons (Fsp3) is 0.316. The van der Waals surface area contributed by atoms with Crippen LogP contribution in [0.4, 0.5) is 13.2 Å². The standard InChI is InChI=1S/C19H19F3N2O/c20-19(21,22)15-8-6-14(7-9-15)16-11-23-12-17(16)18(25)24-10-13-4-2-1-3-5-13/h1-9,16-17,23H,10-12H2,(H,24,25)/t16-,17+/m1/s1. The largest absolute Gasteiger partial charge is 0.416 e. The SMILES string of the molecule is O=C(NCc1ccccc1)[C@H]1CNC[C@@H]1c1ccc(C(F)(F)F)cc1. The number of benzene rings is 2. The number of alkyl halides is 3. The van der Waals surface area contributed by atoms with Crippen molar-refractivity contribution >= 4 is 5.91 Å². The van der Waals surface area contributed by atoms with E-state index in [4.69, 9.17) is 0 Å². The Morgan fingerprint density at radius 3 is 2.36 bits per heavy atom. The Kier molecular flexibility index (Phi) is 5.08. The van der Waals surface area contributed by atoms with Crippen LogP contribution in [0.25, 0.3) is 0 Å². The van der Waals surface area contributed by atoms with Crippen molar-refractivity contribution in [3.63, 3.8) is 0 Å². The second kappa shape index (κ2) is 7.27. The van der Waals surface area contributed by atoms with E-state index in [1.807, 2.05) is 30.3 Å². The summed E-state index contributed by atoms with van der Waals surface area (Å²) in [5, 5.41) is 6.08. The van der Waals surface area contributed by atoms with Gasteiger partial charge in [-0.25, -0.2) is 0 Å². The highest BCUT2D eigenvalue weighted by molar-refractivity contribution is 5.80. The average molecular weight is 348 g/mol. The van der Waals surface area contributed by atoms with Crippen LogP contribution in [0.15, 0.2) is 54.6 Å². The van der Waals surface area contributed by atoms with Crippen molar-refractivity contribution in [1.29, 1.82) is 0 Å². The Balaban J connectivity index is 1.66. The number of carbonyl (C=O) groups is 1. The van der Waals surface area contributed by atoms with E-state index in [1.165, 1.54) is 12.1 Å². The molecule has 132 valence electrons. The molecule has 0 aliphatic carbocycles. The minimum Gasteiger partial charge on any atom is -0.352 e. The predicted octanol–water partition coefficient (Wildman–Crippen LogP) is 3.32. The van der Waals surface area contributed by atoms with Gasteiger partial charge in [-0.1, -0.05) is 42.5 Å². The average Bonchev–Trinajstić information content (AvgIpc) is 3.10. The third-order valence-corrected chi connectivity index (χ3v) is 4.53. The van der Waals surface area contributed by atoms with Crippen LogP contribution < -0.4 is 10.6 Å². The molecule has 0 saturated carbocycles. The van der Waals surface area contributed by atoms with Gasteiger partial charge in [-0.05, 0) is 23.3 Å². The monoisotopic (exact) mass is 348 g/mol. The maximum Gasteiger partial charge on any atom is 0.416 e. The van der Waals surface area contributed by atoms with E-state index in [2.05, 4.69) is 10.6 Å². The van der Waals surface area contributed by atoms with Crippen LogP contribution in [0.2, 0.25) is 0 Å². The Bertz CT molecular complexity index is 714. The zero-order valence-electron chi connectivity index (χ0n) is 13.5. The quantitative estimate of drug-likeness (QED) is 0.890. The van der Waals surface area contributed by atoms with Crippen LogP contribution in [0.1, 0.15) is 22.6 Å². The number of rotatable bonds is 4. The lowest BCUT2D eigenvalue weighted by Crippen LogP contribution is -2.34. The maximum absolute atomic E-state index is 12.7. The number of nitrogens with one attached hydrogen (secondary N) is 2. The molecule has 25 heavy (non-hydrogen) atoms. The third kappa shape index (κ3) is 4.20. The van der Waals surface area contributed by atoms with E-state index < -0.39 is 11.7 Å². The molecule has 2 atom stereocenters. The molecule has 1 heterocycles. The van der Waals surface area contributed by atoms with Crippen molar-refractivity contribution in [2.75, 3.05) is 13.1 Å². The fourth-order valence-corrected chi connectivity index (χ4v) is 3.14. The highest BCUT2D eigenvalue weighted by atomic mass is 19.4. The van der Waals surface area contributed by atoms with Gasteiger partial charge in [0.2, 0.25) is 5.91 Å². The first-order valence-electron chi connectivity index (χ1n) is 8.14. The molecule has 1 aliphatic heterocycles. The van der Waals surface area contributed by atoms with E-state index >= 15 is 0 Å². The number of amides is 1. The van der Waals surface area contributed by atoms with E-state index in [1.54, 1.807) is 0 Å². The molecule has 2 N–H and O–H groups in total. The van der Waals surface area contributed by atoms with Crippen molar-refractivity contribution in [3.8, 4) is 0 Å². The number of halogens is 3. The van der Waals surface area contributed by atoms with E-state index in [0.29, 0.717) is 19.6 Å². The summed E-state index contributed by atoms with van der Waals surface area (Å²) in [6.45, 7) is 1.54. The summed E-state index contributed by atoms with van der Waals surface area (Å²) in [6.07, 6.45) is -4.35. The van der Waals surface area contributed by atoms with Crippen LogP contribution in [0.5, 0.6) is 0 Å². The van der Waals surface area contributed by atoms with Crippen molar-refractivity contribution in [2.24, 2.45) is 5.92 Å². The molecule has 6 heteroatoms. The first-order chi connectivity index (χ1) is 11.9. The Morgan fingerprint density at radius 1 is 1.04 bits per heavy atom. The molecule has 0 spiro atoms. The zero-order valence-corrected chi connectivity index (χ0v) is 13.5. The van der Waals surface area contributed by atoms with Crippen LogP contribution in [-0.2, 0) is 17.5 Å². The molecular weight excluding hydrogens is 329 g/mol. The smallest absolute Gasteiger partial charge is 0.352 e. The molecule has 1 fully saturated rings. The van der Waals surface area contributed by atoms with Gasteiger partial charge in [-0.15, -0.1) is 0 Å². The lowest BCUT2D eigenvalue weighted by Gasteiger charge is -2.19. The van der Waals surface area contributed by atoms with Gasteiger partial charge in [0, 0.05) is 25.6 Å². The summed E-state index contributed by atoms with van der Waals surface area (Å²) < 4.78 is 38.1. The summed E-state index contributed by atoms with van der Waals surface area (Å²) >= 11 is 0. The molecule has 0 aromatic heterocycles. The minimum absolute atomic E-state index is 0.0845. The molecule has 1 amide bonds. The molecule has 1 saturated heterocycles.